The summed E-state index contributed by atoms with van der Waals surface area (Å²) < 4.78 is 0. The van der Waals surface area contributed by atoms with Crippen LogP contribution in [-0.2, 0) is 0 Å². The van der Waals surface area contributed by atoms with Crippen LogP contribution in [0.2, 0.25) is 0 Å². The molecule has 112 valence electrons. The monoisotopic (exact) mass is 328 g/mol. The second kappa shape index (κ2) is 6.42. The number of carbonyl (C=O) groups is 1. The van der Waals surface area contributed by atoms with Crippen LogP contribution < -0.4 is 5.32 Å². The number of carbonyl (C=O) groups excluding carboxylic acids is 1. The van der Waals surface area contributed by atoms with Crippen LogP contribution in [0.15, 0.2) is 47.2 Å². The summed E-state index contributed by atoms with van der Waals surface area (Å²) in [5.74, 6) is -0.0622. The van der Waals surface area contributed by atoms with Gasteiger partial charge >= 0.3 is 0 Å². The number of hydrogen-bond donors (Lipinski definition) is 1. The normalized spacial score (nSPS) is 12.1. The Morgan fingerprint density at radius 2 is 2.00 bits per heavy atom. The number of aryl methyl sites for hydroxylation is 1. The first-order chi connectivity index (χ1) is 10.6. The predicted octanol–water partition coefficient (Wildman–Crippen LogP) is 4.67. The molecule has 0 aliphatic carbocycles. The Kier molecular flexibility index (Phi) is 4.36. The van der Waals surface area contributed by atoms with E-state index >= 15 is 0 Å². The van der Waals surface area contributed by atoms with Gasteiger partial charge in [0.1, 0.15) is 9.88 Å². The molecule has 1 N–H and O–H groups in total. The summed E-state index contributed by atoms with van der Waals surface area (Å²) in [7, 11) is 0. The predicted molar refractivity (Wildman–Crippen MR) is 92.5 cm³/mol. The molecule has 0 spiro atoms. The molecule has 0 aliphatic rings. The minimum absolute atomic E-state index is 0.0280. The van der Waals surface area contributed by atoms with Crippen molar-refractivity contribution in [2.24, 2.45) is 0 Å². The van der Waals surface area contributed by atoms with Crippen LogP contribution in [0.5, 0.6) is 0 Å². The second-order valence-corrected chi connectivity index (χ2v) is 6.83. The van der Waals surface area contributed by atoms with Crippen LogP contribution in [0, 0.1) is 6.92 Å². The van der Waals surface area contributed by atoms with Crippen molar-refractivity contribution < 1.29 is 4.79 Å². The largest absolute Gasteiger partial charge is 0.345 e. The zero-order valence-electron chi connectivity index (χ0n) is 12.4. The highest BCUT2D eigenvalue weighted by Gasteiger charge is 2.18. The molecule has 3 nitrogen and oxygen atoms in total. The SMILES string of the molecule is Cc1nc(-c2ccsc2)sc1C(=O)N[C@@H](C)c1ccccc1. The van der Waals surface area contributed by atoms with Gasteiger partial charge in [0.25, 0.3) is 5.91 Å². The van der Waals surface area contributed by atoms with E-state index in [4.69, 9.17) is 0 Å². The smallest absolute Gasteiger partial charge is 0.263 e. The first-order valence-corrected chi connectivity index (χ1v) is 8.77. The lowest BCUT2D eigenvalue weighted by Gasteiger charge is -2.13. The van der Waals surface area contributed by atoms with E-state index in [-0.39, 0.29) is 11.9 Å². The lowest BCUT2D eigenvalue weighted by Crippen LogP contribution is -2.26. The minimum atomic E-state index is -0.0622. The minimum Gasteiger partial charge on any atom is -0.345 e. The Hall–Kier alpha value is -1.98. The second-order valence-electron chi connectivity index (χ2n) is 5.05. The van der Waals surface area contributed by atoms with Crippen molar-refractivity contribution in [3.05, 3.63) is 63.3 Å². The lowest BCUT2D eigenvalue weighted by atomic mass is 10.1. The highest BCUT2D eigenvalue weighted by atomic mass is 32.1. The fourth-order valence-corrected chi connectivity index (χ4v) is 3.88. The number of thiophene rings is 1. The summed E-state index contributed by atoms with van der Waals surface area (Å²) in [6, 6.07) is 12.0. The van der Waals surface area contributed by atoms with E-state index in [9.17, 15) is 4.79 Å². The van der Waals surface area contributed by atoms with E-state index in [1.165, 1.54) is 11.3 Å². The van der Waals surface area contributed by atoms with Crippen molar-refractivity contribution in [3.63, 3.8) is 0 Å². The van der Waals surface area contributed by atoms with E-state index in [1.54, 1.807) is 11.3 Å². The van der Waals surface area contributed by atoms with Crippen LogP contribution in [0.3, 0.4) is 0 Å². The lowest BCUT2D eigenvalue weighted by molar-refractivity contribution is 0.0943. The maximum Gasteiger partial charge on any atom is 0.263 e. The van der Waals surface area contributed by atoms with Crippen molar-refractivity contribution in [2.75, 3.05) is 0 Å². The Balaban J connectivity index is 1.78. The Morgan fingerprint density at radius 3 is 2.68 bits per heavy atom. The molecule has 1 atom stereocenters. The molecule has 1 amide bonds. The molecule has 2 heterocycles. The average Bonchev–Trinajstić information content (AvgIpc) is 3.17. The maximum atomic E-state index is 12.5. The zero-order chi connectivity index (χ0) is 15.5. The van der Waals surface area contributed by atoms with Crippen LogP contribution in [-0.4, -0.2) is 10.9 Å². The number of nitrogens with one attached hydrogen (secondary N) is 1. The van der Waals surface area contributed by atoms with Crippen molar-refractivity contribution in [1.82, 2.24) is 10.3 Å². The molecular weight excluding hydrogens is 312 g/mol. The number of thiazole rings is 1. The van der Waals surface area contributed by atoms with Crippen LogP contribution in [0.1, 0.15) is 33.9 Å². The molecule has 5 heteroatoms. The summed E-state index contributed by atoms with van der Waals surface area (Å²) in [6.45, 7) is 3.87. The van der Waals surface area contributed by atoms with Gasteiger partial charge in [0.05, 0.1) is 11.7 Å². The topological polar surface area (TPSA) is 42.0 Å². The summed E-state index contributed by atoms with van der Waals surface area (Å²) in [4.78, 5) is 17.7. The van der Waals surface area contributed by atoms with Crippen LogP contribution >= 0.6 is 22.7 Å². The molecular formula is C17H16N2OS2. The first-order valence-electron chi connectivity index (χ1n) is 7.01. The van der Waals surface area contributed by atoms with Gasteiger partial charge in [-0.2, -0.15) is 11.3 Å². The van der Waals surface area contributed by atoms with Gasteiger partial charge in [-0.1, -0.05) is 30.3 Å². The van der Waals surface area contributed by atoms with E-state index in [0.717, 1.165) is 21.8 Å². The molecule has 0 radical (unpaired) electrons. The standard InChI is InChI=1S/C17H16N2OS2/c1-11(13-6-4-3-5-7-13)18-16(20)15-12(2)19-17(22-15)14-8-9-21-10-14/h3-11H,1-2H3,(H,18,20)/t11-/m0/s1. The quantitative estimate of drug-likeness (QED) is 0.756. The summed E-state index contributed by atoms with van der Waals surface area (Å²) in [5.41, 5.74) is 2.95. The maximum absolute atomic E-state index is 12.5. The molecule has 0 fully saturated rings. The van der Waals surface area contributed by atoms with Crippen molar-refractivity contribution in [2.45, 2.75) is 19.9 Å². The van der Waals surface area contributed by atoms with E-state index in [1.807, 2.05) is 61.0 Å². The molecule has 1 aromatic carbocycles. The molecule has 0 bridgehead atoms. The van der Waals surface area contributed by atoms with Gasteiger partial charge < -0.3 is 5.32 Å². The number of rotatable bonds is 4. The average molecular weight is 328 g/mol. The fraction of sp³-hybridized carbons (Fsp3) is 0.176. The van der Waals surface area contributed by atoms with Crippen molar-refractivity contribution in [3.8, 4) is 10.6 Å². The first kappa shape index (κ1) is 14.9. The van der Waals surface area contributed by atoms with Gasteiger partial charge in [-0.25, -0.2) is 4.98 Å². The van der Waals surface area contributed by atoms with Crippen molar-refractivity contribution in [1.29, 1.82) is 0 Å². The number of benzene rings is 1. The van der Waals surface area contributed by atoms with Crippen LogP contribution in [0.4, 0.5) is 0 Å². The Bertz CT molecular complexity index is 763. The number of nitrogens with zero attached hydrogens (tertiary/aromatic N) is 1. The summed E-state index contributed by atoms with van der Waals surface area (Å²) in [5, 5.41) is 8.01. The molecule has 0 saturated carbocycles. The highest BCUT2D eigenvalue weighted by Crippen LogP contribution is 2.29. The van der Waals surface area contributed by atoms with Gasteiger partial charge in [0.15, 0.2) is 0 Å². The third-order valence-electron chi connectivity index (χ3n) is 3.42. The Morgan fingerprint density at radius 1 is 1.23 bits per heavy atom. The van der Waals surface area contributed by atoms with E-state index in [0.29, 0.717) is 4.88 Å². The highest BCUT2D eigenvalue weighted by molar-refractivity contribution is 7.17. The third-order valence-corrected chi connectivity index (χ3v) is 5.31. The van der Waals surface area contributed by atoms with Crippen LogP contribution in [0.25, 0.3) is 10.6 Å². The number of hydrogen-bond acceptors (Lipinski definition) is 4. The van der Waals surface area contributed by atoms with Gasteiger partial charge in [0, 0.05) is 10.9 Å². The molecule has 0 saturated heterocycles. The number of aromatic nitrogens is 1. The number of amides is 1. The van der Waals surface area contributed by atoms with Crippen molar-refractivity contribution >= 4 is 28.6 Å². The zero-order valence-corrected chi connectivity index (χ0v) is 14.0. The fourth-order valence-electron chi connectivity index (χ4n) is 2.20. The molecule has 2 aromatic heterocycles. The van der Waals surface area contributed by atoms with E-state index in [2.05, 4.69) is 10.3 Å². The molecule has 3 aromatic rings. The van der Waals surface area contributed by atoms with Gasteiger partial charge in [-0.3, -0.25) is 4.79 Å². The van der Waals surface area contributed by atoms with E-state index < -0.39 is 0 Å². The van der Waals surface area contributed by atoms with Gasteiger partial charge in [0.2, 0.25) is 0 Å². The molecule has 0 aliphatic heterocycles. The third kappa shape index (κ3) is 3.10. The summed E-state index contributed by atoms with van der Waals surface area (Å²) >= 11 is 3.08. The van der Waals surface area contributed by atoms with Gasteiger partial charge in [-0.05, 0) is 30.9 Å². The van der Waals surface area contributed by atoms with Gasteiger partial charge in [-0.15, -0.1) is 11.3 Å². The molecule has 22 heavy (non-hydrogen) atoms. The molecule has 3 rings (SSSR count). The Labute approximate surface area is 137 Å². The molecule has 0 unspecified atom stereocenters. The summed E-state index contributed by atoms with van der Waals surface area (Å²) in [6.07, 6.45) is 0.